The molecule has 0 saturated carbocycles. The average molecular weight is 761 g/mol. The van der Waals surface area contributed by atoms with Gasteiger partial charge in [-0.15, -0.1) is 39.7 Å². The Morgan fingerprint density at radius 2 is 1.12 bits per heavy atom. The summed E-state index contributed by atoms with van der Waals surface area (Å²) in [6.07, 6.45) is 16.9. The van der Waals surface area contributed by atoms with E-state index in [-0.39, 0.29) is 35.6 Å². The van der Waals surface area contributed by atoms with Gasteiger partial charge in [-0.1, -0.05) is 114 Å². The molecule has 5 aromatic carbocycles. The zero-order chi connectivity index (χ0) is 33.6. The molecule has 0 spiro atoms. The first-order valence-electron chi connectivity index (χ1n) is 16.8. The van der Waals surface area contributed by atoms with E-state index < -0.39 is 0 Å². The van der Waals surface area contributed by atoms with Gasteiger partial charge in [-0.25, -0.2) is 6.08 Å². The number of benzene rings is 4. The van der Waals surface area contributed by atoms with Crippen LogP contribution in [-0.2, 0) is 35.1 Å². The van der Waals surface area contributed by atoms with Crippen molar-refractivity contribution >= 4 is 36.9 Å². The molecule has 5 aromatic rings. The predicted octanol–water partition coefficient (Wildman–Crippen LogP) is 6.10. The molecule has 0 nitrogen and oxygen atoms in total. The maximum absolute atomic E-state index is 3.26. The summed E-state index contributed by atoms with van der Waals surface area (Å²) in [5, 5.41) is 5.53. The van der Waals surface area contributed by atoms with Crippen molar-refractivity contribution in [1.82, 2.24) is 0 Å². The Kier molecular flexibility index (Phi) is 12.0. The molecule has 0 aromatic heterocycles. The van der Waals surface area contributed by atoms with Gasteiger partial charge in [0, 0.05) is 10.8 Å². The van der Waals surface area contributed by atoms with Crippen molar-refractivity contribution in [3.63, 3.8) is 0 Å². The van der Waals surface area contributed by atoms with Crippen molar-refractivity contribution in [3.05, 3.63) is 160 Å². The van der Waals surface area contributed by atoms with Crippen molar-refractivity contribution in [3.8, 4) is 0 Å². The molecule has 0 bridgehead atoms. The van der Waals surface area contributed by atoms with E-state index in [0.29, 0.717) is 11.3 Å². The van der Waals surface area contributed by atoms with E-state index in [0.717, 1.165) is 0 Å². The monoisotopic (exact) mass is 758 g/mol. The van der Waals surface area contributed by atoms with Crippen LogP contribution in [0.25, 0.3) is 33.7 Å². The van der Waals surface area contributed by atoms with Gasteiger partial charge in [0.05, 0.1) is 0 Å². The molecule has 49 heavy (non-hydrogen) atoms. The molecule has 0 aliphatic heterocycles. The van der Waals surface area contributed by atoms with Crippen LogP contribution in [0.15, 0.2) is 121 Å². The molecule has 0 amide bonds. The molecule has 1 atom stereocenters. The third-order valence-electron chi connectivity index (χ3n) is 9.71. The normalized spacial score (nSPS) is 17.2. The molecule has 8 rings (SSSR count). The number of hydrogen-bond acceptors (Lipinski definition) is 0. The van der Waals surface area contributed by atoms with E-state index in [4.69, 9.17) is 0 Å². The van der Waals surface area contributed by atoms with Gasteiger partial charge in [0.25, 0.3) is 0 Å². The van der Waals surface area contributed by atoms with Crippen LogP contribution in [0.4, 0.5) is 0 Å². The first kappa shape index (κ1) is 38.8. The first-order chi connectivity index (χ1) is 22.2. The number of halogens is 2. The maximum atomic E-state index is 3.26. The van der Waals surface area contributed by atoms with Gasteiger partial charge in [-0.2, -0.15) is 11.6 Å². The third kappa shape index (κ3) is 8.34. The summed E-state index contributed by atoms with van der Waals surface area (Å²) in [6.45, 7) is 18.0. The zero-order valence-electron chi connectivity index (χ0n) is 30.0. The van der Waals surface area contributed by atoms with E-state index in [9.17, 15) is 0 Å². The minimum atomic E-state index is 0. The van der Waals surface area contributed by atoms with Crippen LogP contribution in [0.2, 0.25) is 0 Å². The molecule has 0 fully saturated rings. The van der Waals surface area contributed by atoms with Crippen LogP contribution in [0.5, 0.6) is 0 Å². The van der Waals surface area contributed by atoms with Crippen molar-refractivity contribution in [2.24, 2.45) is 11.3 Å². The quantitative estimate of drug-likeness (QED) is 0.191. The van der Waals surface area contributed by atoms with Crippen LogP contribution < -0.4 is 24.8 Å². The summed E-state index contributed by atoms with van der Waals surface area (Å²) in [4.78, 5) is 0. The molecule has 0 heterocycles. The number of rotatable bonds is 2. The summed E-state index contributed by atoms with van der Waals surface area (Å²) in [5.74, 6) is 0.522. The number of fused-ring (bicyclic) bond motifs is 5. The molecular weight excluding hydrogens is 715 g/mol. The Hall–Kier alpha value is -2.96. The van der Waals surface area contributed by atoms with Crippen molar-refractivity contribution < 1.29 is 49.0 Å². The van der Waals surface area contributed by atoms with Crippen molar-refractivity contribution in [1.29, 1.82) is 0 Å². The van der Waals surface area contributed by atoms with Crippen LogP contribution in [0.3, 0.4) is 0 Å². The van der Waals surface area contributed by atoms with E-state index in [1.807, 2.05) is 0 Å². The SMILES string of the molecule is CC1(C)C=Cc2cc3c(cc21)[cH-]c1cc2c(cc13)C=CC2(C)C.CC1[C-]=CC(C(C)(C)C)=C1.[Cl-].[Cl-].[Zr+2]=[C](c1ccccc1)c1ccccc1. The van der Waals surface area contributed by atoms with Crippen LogP contribution >= 0.6 is 0 Å². The van der Waals surface area contributed by atoms with Gasteiger partial charge >= 0.3 is 99.2 Å². The standard InChI is InChI=1S/C23H21.C13H10.C10H15.2ClH.Zr/c1-22(2)7-5-14-10-18-16(12-20(14)22)9-17-13-21-15(11-19(17)18)6-8-23(21,3)4;1-3-7-12(8-4-1)11-13-9-5-2-6-10-13;1-8-5-6-9(7-8)10(2,3)4;;;/h5-13H,1-4H3;1-10H;6-8H,1-4H3;2*1H;/q-1;;-1;;;+2/p-2. The molecule has 1 unspecified atom stereocenters. The van der Waals surface area contributed by atoms with Gasteiger partial charge in [0.15, 0.2) is 0 Å². The summed E-state index contributed by atoms with van der Waals surface area (Å²) in [5.41, 5.74) is 10.4. The second kappa shape index (κ2) is 15.1. The molecule has 250 valence electrons. The molecule has 3 heteroatoms. The third-order valence-corrected chi connectivity index (χ3v) is 11.1. The number of allylic oxidation sites excluding steroid dienone is 6. The Bertz CT molecular complexity index is 1950. The fraction of sp³-hybridized carbons (Fsp3) is 0.261. The summed E-state index contributed by atoms with van der Waals surface area (Å²) >= 11 is 1.46. The summed E-state index contributed by atoms with van der Waals surface area (Å²) in [7, 11) is 0. The topological polar surface area (TPSA) is 0 Å². The average Bonchev–Trinajstić information content (AvgIpc) is 3.80. The van der Waals surface area contributed by atoms with Crippen LogP contribution in [0.1, 0.15) is 88.8 Å². The van der Waals surface area contributed by atoms with Gasteiger partial charge < -0.3 is 24.8 Å². The minimum absolute atomic E-state index is 0. The summed E-state index contributed by atoms with van der Waals surface area (Å²) < 4.78 is 1.42. The number of hydrogen-bond donors (Lipinski definition) is 0. The Balaban J connectivity index is 0.000000179. The molecule has 0 saturated heterocycles. The molecule has 0 radical (unpaired) electrons. The first-order valence-corrected chi connectivity index (χ1v) is 18.1. The second-order valence-electron chi connectivity index (χ2n) is 15.4. The van der Waals surface area contributed by atoms with Crippen molar-refractivity contribution in [2.75, 3.05) is 0 Å². The van der Waals surface area contributed by atoms with E-state index >= 15 is 0 Å². The molecule has 0 N–H and O–H groups in total. The van der Waals surface area contributed by atoms with Gasteiger partial charge in [0.2, 0.25) is 0 Å². The van der Waals surface area contributed by atoms with Gasteiger partial charge in [-0.05, 0) is 11.1 Å². The van der Waals surface area contributed by atoms with E-state index in [2.05, 4.69) is 189 Å². The second-order valence-corrected chi connectivity index (χ2v) is 16.6. The van der Waals surface area contributed by atoms with E-state index in [1.165, 1.54) is 87.9 Å². The van der Waals surface area contributed by atoms with Crippen molar-refractivity contribution in [2.45, 2.75) is 66.2 Å². The fourth-order valence-electron chi connectivity index (χ4n) is 6.74. The fourth-order valence-corrected chi connectivity index (χ4v) is 7.56. The zero-order valence-corrected chi connectivity index (χ0v) is 33.9. The predicted molar refractivity (Wildman–Crippen MR) is 202 cm³/mol. The van der Waals surface area contributed by atoms with Gasteiger partial charge in [-0.3, -0.25) is 6.08 Å². The molecule has 3 aliphatic carbocycles. The Morgan fingerprint density at radius 1 is 0.694 bits per heavy atom. The molecule has 3 aliphatic rings. The Labute approximate surface area is 321 Å². The summed E-state index contributed by atoms with van der Waals surface area (Å²) in [6, 6.07) is 33.0. The van der Waals surface area contributed by atoms with Gasteiger partial charge in [0.1, 0.15) is 0 Å². The Morgan fingerprint density at radius 3 is 1.47 bits per heavy atom. The molecular formula is C46H46Cl2Zr-2. The van der Waals surface area contributed by atoms with Crippen LogP contribution in [0, 0.1) is 17.4 Å². The van der Waals surface area contributed by atoms with E-state index in [1.54, 1.807) is 0 Å². The van der Waals surface area contributed by atoms with Crippen LogP contribution in [-0.4, -0.2) is 3.21 Å².